The molecule has 1 aliphatic carbocycles. The minimum atomic E-state index is -0.710. The van der Waals surface area contributed by atoms with Crippen LogP contribution in [0.15, 0.2) is 48.5 Å². The zero-order valence-electron chi connectivity index (χ0n) is 13.3. The maximum absolute atomic E-state index is 13.5. The van der Waals surface area contributed by atoms with E-state index in [1.54, 1.807) is 18.2 Å². The van der Waals surface area contributed by atoms with Crippen LogP contribution in [0.3, 0.4) is 0 Å². The Balaban J connectivity index is 1.51. The first-order chi connectivity index (χ1) is 11.6. The molecule has 2 aromatic rings. The first-order valence-electron chi connectivity index (χ1n) is 8.17. The quantitative estimate of drug-likeness (QED) is 0.758. The molecule has 128 valence electrons. The fourth-order valence-corrected chi connectivity index (χ4v) is 2.85. The average Bonchev–Trinajstić information content (AvgIpc) is 3.41. The SMILES string of the molecule is OC(CNC(c1ccc(Cl)cc1)C1CC1)COc1ccccc1F. The Kier molecular flexibility index (Phi) is 5.72. The van der Waals surface area contributed by atoms with Crippen LogP contribution in [0.1, 0.15) is 24.4 Å². The van der Waals surface area contributed by atoms with Gasteiger partial charge in [0.25, 0.3) is 0 Å². The molecule has 5 heteroatoms. The minimum absolute atomic E-state index is 0.0476. The van der Waals surface area contributed by atoms with Gasteiger partial charge in [0, 0.05) is 17.6 Å². The molecule has 0 spiro atoms. The van der Waals surface area contributed by atoms with Gasteiger partial charge in [0.1, 0.15) is 12.7 Å². The molecule has 2 aromatic carbocycles. The number of hydrogen-bond donors (Lipinski definition) is 2. The molecule has 1 fully saturated rings. The molecule has 0 bridgehead atoms. The van der Waals surface area contributed by atoms with Crippen LogP contribution in [-0.4, -0.2) is 24.4 Å². The van der Waals surface area contributed by atoms with Gasteiger partial charge >= 0.3 is 0 Å². The predicted octanol–water partition coefficient (Wildman–Crippen LogP) is 3.96. The molecule has 1 saturated carbocycles. The van der Waals surface area contributed by atoms with E-state index in [0.29, 0.717) is 17.5 Å². The van der Waals surface area contributed by atoms with Crippen molar-refractivity contribution in [3.63, 3.8) is 0 Å². The Bertz CT molecular complexity index is 661. The smallest absolute Gasteiger partial charge is 0.165 e. The summed E-state index contributed by atoms with van der Waals surface area (Å²) in [6, 6.07) is 14.2. The molecule has 0 saturated heterocycles. The lowest BCUT2D eigenvalue weighted by molar-refractivity contribution is 0.100. The number of rotatable bonds is 8. The van der Waals surface area contributed by atoms with Crippen molar-refractivity contribution in [2.75, 3.05) is 13.2 Å². The van der Waals surface area contributed by atoms with Gasteiger partial charge in [-0.15, -0.1) is 0 Å². The summed E-state index contributed by atoms with van der Waals surface area (Å²) >= 11 is 5.94. The fourth-order valence-electron chi connectivity index (χ4n) is 2.73. The van der Waals surface area contributed by atoms with E-state index in [1.807, 2.05) is 24.3 Å². The molecule has 2 unspecified atom stereocenters. The number of hydrogen-bond acceptors (Lipinski definition) is 3. The third kappa shape index (κ3) is 4.69. The van der Waals surface area contributed by atoms with Crippen LogP contribution in [0.5, 0.6) is 5.75 Å². The summed E-state index contributed by atoms with van der Waals surface area (Å²) in [5.41, 5.74) is 1.17. The third-order valence-corrected chi connectivity index (χ3v) is 4.42. The molecular formula is C19H21ClFNO2. The number of para-hydroxylation sites is 1. The predicted molar refractivity (Wildman–Crippen MR) is 92.8 cm³/mol. The first-order valence-corrected chi connectivity index (χ1v) is 8.55. The molecule has 0 radical (unpaired) electrons. The number of halogens is 2. The average molecular weight is 350 g/mol. The van der Waals surface area contributed by atoms with Crippen molar-refractivity contribution in [3.05, 3.63) is 64.9 Å². The second kappa shape index (κ2) is 7.97. The molecule has 2 atom stereocenters. The Morgan fingerprint density at radius 2 is 1.88 bits per heavy atom. The molecule has 3 nitrogen and oxygen atoms in total. The molecule has 2 N–H and O–H groups in total. The van der Waals surface area contributed by atoms with Gasteiger partial charge in [0.15, 0.2) is 11.6 Å². The van der Waals surface area contributed by atoms with Gasteiger partial charge in [-0.3, -0.25) is 0 Å². The molecule has 0 heterocycles. The molecule has 0 aromatic heterocycles. The van der Waals surface area contributed by atoms with Crippen LogP contribution in [0.4, 0.5) is 4.39 Å². The van der Waals surface area contributed by atoms with E-state index >= 15 is 0 Å². The standard InChI is InChI=1S/C19H21ClFNO2/c20-15-9-7-14(8-10-15)19(13-5-6-13)22-11-16(23)12-24-18-4-2-1-3-17(18)21/h1-4,7-10,13,16,19,22-23H,5-6,11-12H2. The first kappa shape index (κ1) is 17.2. The normalized spacial score (nSPS) is 16.6. The monoisotopic (exact) mass is 349 g/mol. The fraction of sp³-hybridized carbons (Fsp3) is 0.368. The van der Waals surface area contributed by atoms with E-state index in [4.69, 9.17) is 16.3 Å². The van der Waals surface area contributed by atoms with Crippen LogP contribution in [0.25, 0.3) is 0 Å². The highest BCUT2D eigenvalue weighted by Gasteiger charge is 2.32. The van der Waals surface area contributed by atoms with Crippen molar-refractivity contribution >= 4 is 11.6 Å². The Morgan fingerprint density at radius 3 is 2.54 bits per heavy atom. The van der Waals surface area contributed by atoms with Crippen LogP contribution in [0, 0.1) is 11.7 Å². The van der Waals surface area contributed by atoms with Crippen LogP contribution in [-0.2, 0) is 0 Å². The molecular weight excluding hydrogens is 329 g/mol. The van der Waals surface area contributed by atoms with Crippen molar-refractivity contribution < 1.29 is 14.2 Å². The summed E-state index contributed by atoms with van der Waals surface area (Å²) in [6.45, 7) is 0.435. The lowest BCUT2D eigenvalue weighted by Crippen LogP contribution is -2.34. The van der Waals surface area contributed by atoms with Crippen LogP contribution in [0.2, 0.25) is 5.02 Å². The van der Waals surface area contributed by atoms with Crippen molar-refractivity contribution in [1.82, 2.24) is 5.32 Å². The summed E-state index contributed by atoms with van der Waals surface area (Å²) in [4.78, 5) is 0. The van der Waals surface area contributed by atoms with Crippen molar-refractivity contribution in [2.45, 2.75) is 25.0 Å². The van der Waals surface area contributed by atoms with Gasteiger partial charge < -0.3 is 15.2 Å². The van der Waals surface area contributed by atoms with E-state index < -0.39 is 11.9 Å². The Morgan fingerprint density at radius 1 is 1.17 bits per heavy atom. The Labute approximate surface area is 146 Å². The molecule has 1 aliphatic rings. The van der Waals surface area contributed by atoms with E-state index in [9.17, 15) is 9.50 Å². The van der Waals surface area contributed by atoms with E-state index in [1.165, 1.54) is 24.5 Å². The second-order valence-electron chi connectivity index (χ2n) is 6.17. The molecule has 24 heavy (non-hydrogen) atoms. The van der Waals surface area contributed by atoms with Crippen LogP contribution < -0.4 is 10.1 Å². The highest BCUT2D eigenvalue weighted by Crippen LogP contribution is 2.41. The lowest BCUT2D eigenvalue weighted by atomic mass is 10.0. The summed E-state index contributed by atoms with van der Waals surface area (Å²) in [7, 11) is 0. The minimum Gasteiger partial charge on any atom is -0.488 e. The third-order valence-electron chi connectivity index (χ3n) is 4.16. The van der Waals surface area contributed by atoms with Crippen LogP contribution >= 0.6 is 11.6 Å². The number of nitrogens with one attached hydrogen (secondary N) is 1. The number of ether oxygens (including phenoxy) is 1. The van der Waals surface area contributed by atoms with Gasteiger partial charge in [-0.25, -0.2) is 4.39 Å². The maximum atomic E-state index is 13.5. The topological polar surface area (TPSA) is 41.5 Å². The number of aliphatic hydroxyl groups excluding tert-OH is 1. The summed E-state index contributed by atoms with van der Waals surface area (Å²) in [5, 5.41) is 14.2. The van der Waals surface area contributed by atoms with Gasteiger partial charge in [0.2, 0.25) is 0 Å². The highest BCUT2D eigenvalue weighted by molar-refractivity contribution is 6.30. The van der Waals surface area contributed by atoms with Gasteiger partial charge in [-0.2, -0.15) is 0 Å². The van der Waals surface area contributed by atoms with E-state index in [0.717, 1.165) is 0 Å². The van der Waals surface area contributed by atoms with Crippen molar-refractivity contribution in [3.8, 4) is 5.75 Å². The summed E-state index contributed by atoms with van der Waals surface area (Å²) in [6.07, 6.45) is 1.66. The zero-order chi connectivity index (χ0) is 16.9. The van der Waals surface area contributed by atoms with Crippen molar-refractivity contribution in [1.29, 1.82) is 0 Å². The van der Waals surface area contributed by atoms with E-state index in [2.05, 4.69) is 5.32 Å². The zero-order valence-corrected chi connectivity index (χ0v) is 14.0. The van der Waals surface area contributed by atoms with Gasteiger partial charge in [0.05, 0.1) is 0 Å². The molecule has 0 aliphatic heterocycles. The van der Waals surface area contributed by atoms with E-state index in [-0.39, 0.29) is 18.4 Å². The van der Waals surface area contributed by atoms with Gasteiger partial charge in [-0.1, -0.05) is 35.9 Å². The second-order valence-corrected chi connectivity index (χ2v) is 6.61. The summed E-state index contributed by atoms with van der Waals surface area (Å²) < 4.78 is 18.8. The number of benzene rings is 2. The molecule has 3 rings (SSSR count). The number of aliphatic hydroxyl groups is 1. The van der Waals surface area contributed by atoms with Crippen molar-refractivity contribution in [2.24, 2.45) is 5.92 Å². The highest BCUT2D eigenvalue weighted by atomic mass is 35.5. The Hall–Kier alpha value is -1.62. The van der Waals surface area contributed by atoms with Gasteiger partial charge in [-0.05, 0) is 48.6 Å². The largest absolute Gasteiger partial charge is 0.488 e. The summed E-state index contributed by atoms with van der Waals surface area (Å²) in [5.74, 6) is 0.327. The molecule has 0 amide bonds. The lowest BCUT2D eigenvalue weighted by Gasteiger charge is -2.21. The maximum Gasteiger partial charge on any atom is 0.165 e.